The minimum absolute atomic E-state index is 0.0499. The Morgan fingerprint density at radius 3 is 2.46 bits per heavy atom. The fraction of sp³-hybridized carbons (Fsp3) is 0.903. The molecule has 39 heavy (non-hydrogen) atoms. The van der Waals surface area contributed by atoms with Crippen LogP contribution in [0.25, 0.3) is 0 Å². The minimum Gasteiger partial charge on any atom is -0.466 e. The minimum atomic E-state index is -3.62. The number of carbonyl (C=O) groups excluding carboxylic acids is 1. The third kappa shape index (κ3) is 5.96. The van der Waals surface area contributed by atoms with Crippen LogP contribution in [0.3, 0.4) is 0 Å². The molecule has 0 N–H and O–H groups in total. The van der Waals surface area contributed by atoms with E-state index in [4.69, 9.17) is 13.3 Å². The number of ether oxygens (including phenoxy) is 1. The van der Waals surface area contributed by atoms with Crippen LogP contribution in [0, 0.1) is 40.4 Å². The standard InChI is InChI=1S/C31H54O6SSi/c1-20(19-35-22(3)32)25-13-14-26-23(12-11-15-30(25,26)7)16-21(2)31-18-24(31)17-27(28(31)36-38(8,33)34)37-39(9,10)29(4,5)6/h16,20-21,24-28H,11-15,17-19H2,1-10H3/b23-16+/t20-,21-,24?,25-,26+,27+,28?,30-,31-/m1/s1. The maximum Gasteiger partial charge on any atom is 0.302 e. The van der Waals surface area contributed by atoms with Crippen molar-refractivity contribution in [2.45, 2.75) is 124 Å². The summed E-state index contributed by atoms with van der Waals surface area (Å²) >= 11 is 0. The Balaban J connectivity index is 1.57. The summed E-state index contributed by atoms with van der Waals surface area (Å²) in [7, 11) is -5.70. The monoisotopic (exact) mass is 582 g/mol. The van der Waals surface area contributed by atoms with Crippen molar-refractivity contribution in [3.05, 3.63) is 11.6 Å². The summed E-state index contributed by atoms with van der Waals surface area (Å²) in [4.78, 5) is 11.4. The van der Waals surface area contributed by atoms with Crippen LogP contribution < -0.4 is 0 Å². The Bertz CT molecular complexity index is 1080. The second-order valence-electron chi connectivity index (χ2n) is 15.3. The van der Waals surface area contributed by atoms with Gasteiger partial charge in [0, 0.05) is 12.3 Å². The molecule has 0 aliphatic heterocycles. The molecule has 0 spiro atoms. The number of allylic oxidation sites excluding steroid dienone is 2. The van der Waals surface area contributed by atoms with Crippen LogP contribution in [0.1, 0.15) is 93.4 Å². The molecule has 0 heterocycles. The van der Waals surface area contributed by atoms with Crippen molar-refractivity contribution in [3.63, 3.8) is 0 Å². The average molecular weight is 583 g/mol. The van der Waals surface area contributed by atoms with Crippen LogP contribution in [0.15, 0.2) is 11.6 Å². The maximum atomic E-state index is 12.5. The number of hydrogen-bond acceptors (Lipinski definition) is 6. The van der Waals surface area contributed by atoms with Gasteiger partial charge in [-0.3, -0.25) is 8.98 Å². The van der Waals surface area contributed by atoms with Gasteiger partial charge in [-0.2, -0.15) is 8.42 Å². The normalized spacial score (nSPS) is 39.2. The van der Waals surface area contributed by atoms with Crippen LogP contribution in [-0.2, 0) is 28.3 Å². The van der Waals surface area contributed by atoms with Gasteiger partial charge in [0.2, 0.25) is 0 Å². The van der Waals surface area contributed by atoms with E-state index in [0.717, 1.165) is 19.3 Å². The van der Waals surface area contributed by atoms with Gasteiger partial charge in [-0.25, -0.2) is 0 Å². The van der Waals surface area contributed by atoms with E-state index in [2.05, 4.69) is 60.7 Å². The van der Waals surface area contributed by atoms with Crippen molar-refractivity contribution in [1.29, 1.82) is 0 Å². The summed E-state index contributed by atoms with van der Waals surface area (Å²) in [5.41, 5.74) is 1.61. The first kappa shape index (κ1) is 31.2. The van der Waals surface area contributed by atoms with E-state index < -0.39 is 24.5 Å². The highest BCUT2D eigenvalue weighted by Crippen LogP contribution is 2.70. The molecule has 4 aliphatic rings. The fourth-order valence-corrected chi connectivity index (χ4v) is 10.7. The van der Waals surface area contributed by atoms with Gasteiger partial charge in [-0.15, -0.1) is 0 Å². The molecule has 224 valence electrons. The molecule has 0 aromatic carbocycles. The zero-order chi connectivity index (χ0) is 29.2. The van der Waals surface area contributed by atoms with E-state index in [1.54, 1.807) is 5.57 Å². The number of hydrogen-bond donors (Lipinski definition) is 0. The van der Waals surface area contributed by atoms with Crippen molar-refractivity contribution >= 4 is 24.4 Å². The SMILES string of the molecule is CC(=O)OC[C@@H](C)[C@H]1CC[C@H]2/C(=C/[C@@H](C)[C@]34CC3C[C@H](O[Si](C)(C)C(C)(C)C)C4OS(C)(=O)=O)CCC[C@]12C. The maximum absolute atomic E-state index is 12.5. The molecule has 0 saturated heterocycles. The van der Waals surface area contributed by atoms with Gasteiger partial charge in [-0.05, 0) is 98.1 Å². The highest BCUT2D eigenvalue weighted by Gasteiger charge is 2.70. The highest BCUT2D eigenvalue weighted by molar-refractivity contribution is 7.86. The summed E-state index contributed by atoms with van der Waals surface area (Å²) in [6.45, 7) is 20.2. The molecule has 0 bridgehead atoms. The molecule has 2 unspecified atom stereocenters. The van der Waals surface area contributed by atoms with Gasteiger partial charge >= 0.3 is 5.97 Å². The van der Waals surface area contributed by atoms with Gasteiger partial charge in [0.1, 0.15) is 6.10 Å². The quantitative estimate of drug-likeness (QED) is 0.125. The van der Waals surface area contributed by atoms with E-state index >= 15 is 0 Å². The van der Waals surface area contributed by atoms with Crippen LogP contribution in [-0.4, -0.2) is 47.8 Å². The molecule has 0 amide bonds. The summed E-state index contributed by atoms with van der Waals surface area (Å²) in [5, 5.41) is 0.0499. The van der Waals surface area contributed by atoms with Crippen molar-refractivity contribution < 1.29 is 26.6 Å². The van der Waals surface area contributed by atoms with Gasteiger partial charge in [-0.1, -0.05) is 53.2 Å². The molecular formula is C31H54O6SSi. The number of esters is 1. The van der Waals surface area contributed by atoms with Crippen molar-refractivity contribution in [2.75, 3.05) is 12.9 Å². The van der Waals surface area contributed by atoms with Gasteiger partial charge < -0.3 is 9.16 Å². The Hall–Kier alpha value is -0.703. The van der Waals surface area contributed by atoms with Crippen LogP contribution in [0.4, 0.5) is 0 Å². The third-order valence-electron chi connectivity index (χ3n) is 11.7. The Morgan fingerprint density at radius 1 is 1.21 bits per heavy atom. The summed E-state index contributed by atoms with van der Waals surface area (Å²) in [6, 6.07) is 0. The fourth-order valence-electron chi connectivity index (χ4n) is 8.65. The predicted molar refractivity (Wildman–Crippen MR) is 158 cm³/mol. The zero-order valence-corrected chi connectivity index (χ0v) is 27.9. The van der Waals surface area contributed by atoms with Gasteiger partial charge in [0.05, 0.1) is 19.0 Å². The largest absolute Gasteiger partial charge is 0.466 e. The summed E-state index contributed by atoms with van der Waals surface area (Å²) in [6.07, 6.45) is 10.9. The van der Waals surface area contributed by atoms with E-state index in [1.807, 2.05) is 0 Å². The molecular weight excluding hydrogens is 528 g/mol. The number of fused-ring (bicyclic) bond motifs is 2. The van der Waals surface area contributed by atoms with E-state index in [9.17, 15) is 13.2 Å². The molecule has 4 aliphatic carbocycles. The van der Waals surface area contributed by atoms with Crippen LogP contribution >= 0.6 is 0 Å². The summed E-state index contributed by atoms with van der Waals surface area (Å²) < 4.78 is 43.2. The van der Waals surface area contributed by atoms with Crippen LogP contribution in [0.2, 0.25) is 18.1 Å². The second kappa shape index (κ2) is 10.5. The van der Waals surface area contributed by atoms with Crippen molar-refractivity contribution in [3.8, 4) is 0 Å². The molecule has 6 nitrogen and oxygen atoms in total. The first-order valence-corrected chi connectivity index (χ1v) is 19.9. The van der Waals surface area contributed by atoms with E-state index in [1.165, 1.54) is 38.9 Å². The Kier molecular flexibility index (Phi) is 8.44. The Morgan fingerprint density at radius 2 is 1.87 bits per heavy atom. The first-order valence-electron chi connectivity index (χ1n) is 15.2. The lowest BCUT2D eigenvalue weighted by atomic mass is 9.61. The van der Waals surface area contributed by atoms with Crippen molar-refractivity contribution in [2.24, 2.45) is 40.4 Å². The molecule has 0 radical (unpaired) electrons. The molecule has 4 saturated carbocycles. The van der Waals surface area contributed by atoms with Gasteiger partial charge in [0.15, 0.2) is 8.32 Å². The van der Waals surface area contributed by atoms with Crippen LogP contribution in [0.5, 0.6) is 0 Å². The predicted octanol–water partition coefficient (Wildman–Crippen LogP) is 7.11. The molecule has 9 atom stereocenters. The third-order valence-corrected chi connectivity index (χ3v) is 16.8. The second-order valence-corrected chi connectivity index (χ2v) is 21.6. The lowest BCUT2D eigenvalue weighted by Crippen LogP contribution is -2.49. The molecule has 4 fully saturated rings. The number of carbonyl (C=O) groups is 1. The lowest BCUT2D eigenvalue weighted by Gasteiger charge is -2.45. The average Bonchev–Trinajstić information content (AvgIpc) is 3.28. The number of rotatable bonds is 9. The highest BCUT2D eigenvalue weighted by atomic mass is 32.2. The molecule has 0 aromatic rings. The first-order chi connectivity index (χ1) is 17.8. The van der Waals surface area contributed by atoms with Gasteiger partial charge in [0.25, 0.3) is 10.1 Å². The zero-order valence-electron chi connectivity index (χ0n) is 26.1. The summed E-state index contributed by atoms with van der Waals surface area (Å²) in [5.74, 6) is 1.92. The molecule has 4 rings (SSSR count). The van der Waals surface area contributed by atoms with E-state index in [0.29, 0.717) is 30.3 Å². The van der Waals surface area contributed by atoms with E-state index in [-0.39, 0.29) is 33.9 Å². The smallest absolute Gasteiger partial charge is 0.302 e. The topological polar surface area (TPSA) is 78.9 Å². The molecule has 8 heteroatoms. The lowest BCUT2D eigenvalue weighted by molar-refractivity contribution is -0.143. The Labute approximate surface area is 239 Å². The van der Waals surface area contributed by atoms with Crippen molar-refractivity contribution in [1.82, 2.24) is 0 Å². The molecule has 0 aromatic heterocycles.